The average molecular weight is 540 g/mol. The highest BCUT2D eigenvalue weighted by Gasteiger charge is 2.46. The van der Waals surface area contributed by atoms with E-state index >= 15 is 0 Å². The smallest absolute Gasteiger partial charge is 0.319 e. The zero-order chi connectivity index (χ0) is 26.0. The minimum Gasteiger partial charge on any atom is -0.338 e. The lowest BCUT2D eigenvalue weighted by Crippen LogP contribution is -2.50. The Balaban J connectivity index is 1.29. The van der Waals surface area contributed by atoms with Crippen molar-refractivity contribution in [3.63, 3.8) is 0 Å². The first-order chi connectivity index (χ1) is 17.9. The lowest BCUT2D eigenvalue weighted by atomic mass is 9.87. The van der Waals surface area contributed by atoms with Crippen molar-refractivity contribution in [2.75, 3.05) is 30.7 Å². The molecule has 1 fully saturated rings. The highest BCUT2D eigenvalue weighted by Crippen LogP contribution is 2.38. The molecule has 37 heavy (non-hydrogen) atoms. The predicted molar refractivity (Wildman–Crippen MR) is 145 cm³/mol. The van der Waals surface area contributed by atoms with Crippen molar-refractivity contribution < 1.29 is 18.8 Å². The van der Waals surface area contributed by atoms with Crippen molar-refractivity contribution >= 4 is 61.9 Å². The molecule has 5 rings (SSSR count). The number of rotatable bonds is 6. The minimum atomic E-state index is -0.881. The Hall–Kier alpha value is -3.44. The maximum Gasteiger partial charge on any atom is 0.319 e. The third kappa shape index (κ3) is 5.19. The van der Waals surface area contributed by atoms with E-state index in [1.54, 1.807) is 17.0 Å². The number of halogens is 1. The molecule has 2 aliphatic heterocycles. The van der Waals surface area contributed by atoms with Crippen LogP contribution in [0.15, 0.2) is 58.4 Å². The van der Waals surface area contributed by atoms with E-state index in [2.05, 4.69) is 16.0 Å². The topological polar surface area (TPSA) is 103 Å². The first-order valence-corrected chi connectivity index (χ1v) is 13.8. The predicted octanol–water partition coefficient (Wildman–Crippen LogP) is 4.48. The fraction of sp³-hybridized carbons (Fsp3) is 0.308. The van der Waals surface area contributed by atoms with Gasteiger partial charge in [-0.25, -0.2) is 9.18 Å². The third-order valence-electron chi connectivity index (χ3n) is 6.47. The summed E-state index contributed by atoms with van der Waals surface area (Å²) in [7, 11) is 0. The molecule has 2 aliphatic rings. The first-order valence-electron chi connectivity index (χ1n) is 12.0. The number of likely N-dealkylation sites (tertiary alicyclic amines) is 1. The van der Waals surface area contributed by atoms with Crippen LogP contribution in [-0.2, 0) is 4.79 Å². The van der Waals surface area contributed by atoms with E-state index in [0.717, 1.165) is 15.0 Å². The third-order valence-corrected chi connectivity index (χ3v) is 8.58. The summed E-state index contributed by atoms with van der Waals surface area (Å²) in [5, 5.41) is 9.72. The van der Waals surface area contributed by atoms with Crippen LogP contribution in [0, 0.1) is 5.82 Å². The highest BCUT2D eigenvalue weighted by molar-refractivity contribution is 8.00. The number of hydrogen-bond acceptors (Lipinski definition) is 6. The van der Waals surface area contributed by atoms with Crippen molar-refractivity contribution in [2.45, 2.75) is 30.2 Å². The summed E-state index contributed by atoms with van der Waals surface area (Å²) in [4.78, 5) is 46.1. The maximum atomic E-state index is 13.7. The summed E-state index contributed by atoms with van der Waals surface area (Å²) < 4.78 is 14.1. The Bertz CT molecular complexity index is 1380. The van der Waals surface area contributed by atoms with E-state index in [0.29, 0.717) is 54.6 Å². The van der Waals surface area contributed by atoms with E-state index in [4.69, 9.17) is 4.99 Å². The summed E-state index contributed by atoms with van der Waals surface area (Å²) in [6.45, 7) is 3.05. The van der Waals surface area contributed by atoms with Crippen LogP contribution in [0.5, 0.6) is 0 Å². The van der Waals surface area contributed by atoms with Gasteiger partial charge < -0.3 is 15.5 Å². The minimum absolute atomic E-state index is 0.145. The van der Waals surface area contributed by atoms with Gasteiger partial charge in [-0.15, -0.1) is 23.1 Å². The molecule has 3 N–H and O–H groups in total. The van der Waals surface area contributed by atoms with Crippen LogP contribution in [0.25, 0.3) is 10.1 Å². The number of thiophene rings is 1. The lowest BCUT2D eigenvalue weighted by molar-refractivity contribution is -0.125. The van der Waals surface area contributed by atoms with Gasteiger partial charge in [0.15, 0.2) is 0 Å². The zero-order valence-corrected chi connectivity index (χ0v) is 21.8. The number of piperidine rings is 1. The number of nitrogens with zero attached hydrogens (tertiary/aromatic N) is 2. The number of thioether (sulfide) groups is 1. The number of nitrogens with one attached hydrogen (secondary N) is 3. The molecule has 0 aliphatic carbocycles. The second-order valence-electron chi connectivity index (χ2n) is 8.87. The van der Waals surface area contributed by atoms with Crippen LogP contribution < -0.4 is 16.0 Å². The number of amidine groups is 1. The van der Waals surface area contributed by atoms with E-state index < -0.39 is 5.54 Å². The summed E-state index contributed by atoms with van der Waals surface area (Å²) in [5.74, 6) is 0.454. The van der Waals surface area contributed by atoms with Crippen LogP contribution in [0.3, 0.4) is 0 Å². The van der Waals surface area contributed by atoms with Crippen LogP contribution in [0.2, 0.25) is 0 Å². The second kappa shape index (κ2) is 10.5. The Kier molecular flexibility index (Phi) is 7.16. The van der Waals surface area contributed by atoms with Crippen molar-refractivity contribution in [1.29, 1.82) is 0 Å². The van der Waals surface area contributed by atoms with Gasteiger partial charge in [-0.2, -0.15) is 0 Å². The van der Waals surface area contributed by atoms with Gasteiger partial charge in [-0.05, 0) is 50.1 Å². The molecule has 0 atom stereocenters. The number of carbonyl (C=O) groups is 3. The lowest BCUT2D eigenvalue weighted by Gasteiger charge is -2.35. The van der Waals surface area contributed by atoms with Crippen LogP contribution >= 0.6 is 23.1 Å². The molecular formula is C26H26FN5O3S2. The molecule has 0 unspecified atom stereocenters. The molecule has 1 spiro atoms. The molecule has 0 bridgehead atoms. The van der Waals surface area contributed by atoms with Crippen LogP contribution in [0.4, 0.5) is 14.2 Å². The van der Waals surface area contributed by atoms with E-state index in [9.17, 15) is 18.8 Å². The van der Waals surface area contributed by atoms with E-state index in [1.165, 1.54) is 35.2 Å². The maximum absolute atomic E-state index is 13.7. The van der Waals surface area contributed by atoms with Gasteiger partial charge in [0.1, 0.15) is 22.2 Å². The standard InChI is InChI=1S/C26H26FN5O3S2/c1-2-28-25(35)30-22-21(18-5-3-4-6-19(18)37-22)23(33)32-13-11-26(12-14-32)24(34)29-20(31-26)15-36-17-9-7-16(27)8-10-17/h3-10H,2,11-15H2,1H3,(H2,28,30,35)(H,29,31,34). The molecule has 3 aromatic rings. The largest absolute Gasteiger partial charge is 0.338 e. The Morgan fingerprint density at radius 1 is 1.16 bits per heavy atom. The molecule has 0 saturated carbocycles. The van der Waals surface area contributed by atoms with Gasteiger partial charge in [-0.3, -0.25) is 19.9 Å². The van der Waals surface area contributed by atoms with Gasteiger partial charge in [0.05, 0.1) is 11.3 Å². The molecule has 3 heterocycles. The monoisotopic (exact) mass is 539 g/mol. The number of carbonyl (C=O) groups excluding carboxylic acids is 3. The van der Waals surface area contributed by atoms with Gasteiger partial charge in [-0.1, -0.05) is 18.2 Å². The molecule has 0 radical (unpaired) electrons. The number of hydrogen-bond donors (Lipinski definition) is 3. The fourth-order valence-electron chi connectivity index (χ4n) is 4.57. The fourth-order valence-corrected chi connectivity index (χ4v) is 6.42. The average Bonchev–Trinajstić information content (AvgIpc) is 3.40. The van der Waals surface area contributed by atoms with E-state index in [-0.39, 0.29) is 23.7 Å². The van der Waals surface area contributed by atoms with Gasteiger partial charge >= 0.3 is 6.03 Å². The summed E-state index contributed by atoms with van der Waals surface area (Å²) >= 11 is 2.84. The molecular weight excluding hydrogens is 513 g/mol. The SMILES string of the molecule is CCNC(=O)Nc1sc2ccccc2c1C(=O)N1CCC2(CC1)N=C(CSc1ccc(F)cc1)NC2=O. The number of aliphatic imine (C=N–C) groups is 1. The first kappa shape index (κ1) is 25.2. The molecule has 11 heteroatoms. The van der Waals surface area contributed by atoms with Gasteiger partial charge in [0, 0.05) is 34.6 Å². The second-order valence-corrected chi connectivity index (χ2v) is 11.0. The number of urea groups is 1. The number of benzene rings is 2. The normalized spacial score (nSPS) is 16.5. The van der Waals surface area contributed by atoms with Gasteiger partial charge in [0.25, 0.3) is 11.8 Å². The van der Waals surface area contributed by atoms with Crippen molar-refractivity contribution in [1.82, 2.24) is 15.5 Å². The molecule has 2 aromatic carbocycles. The molecule has 1 aromatic heterocycles. The summed E-state index contributed by atoms with van der Waals surface area (Å²) in [6, 6.07) is 13.4. The number of fused-ring (bicyclic) bond motifs is 1. The number of anilines is 1. The number of amides is 4. The van der Waals surface area contributed by atoms with Crippen molar-refractivity contribution in [2.24, 2.45) is 4.99 Å². The van der Waals surface area contributed by atoms with Crippen LogP contribution in [0.1, 0.15) is 30.1 Å². The molecule has 192 valence electrons. The highest BCUT2D eigenvalue weighted by atomic mass is 32.2. The van der Waals surface area contributed by atoms with Crippen LogP contribution in [-0.4, -0.2) is 59.5 Å². The summed E-state index contributed by atoms with van der Waals surface area (Å²) in [6.07, 6.45) is 0.826. The van der Waals surface area contributed by atoms with Crippen molar-refractivity contribution in [3.8, 4) is 0 Å². The quantitative estimate of drug-likeness (QED) is 0.402. The van der Waals surface area contributed by atoms with Gasteiger partial charge in [0.2, 0.25) is 0 Å². The zero-order valence-electron chi connectivity index (χ0n) is 20.2. The Morgan fingerprint density at radius 2 is 1.89 bits per heavy atom. The van der Waals surface area contributed by atoms with Crippen molar-refractivity contribution in [3.05, 3.63) is 59.9 Å². The Labute approximate surface area is 221 Å². The van der Waals surface area contributed by atoms with E-state index in [1.807, 2.05) is 31.2 Å². The Morgan fingerprint density at radius 3 is 2.62 bits per heavy atom. The molecule has 8 nitrogen and oxygen atoms in total. The molecule has 4 amide bonds. The summed E-state index contributed by atoms with van der Waals surface area (Å²) in [5.41, 5.74) is -0.410. The molecule has 1 saturated heterocycles.